The fourth-order valence-corrected chi connectivity index (χ4v) is 0.750. The van der Waals surface area contributed by atoms with Gasteiger partial charge in [0.15, 0.2) is 0 Å². The Morgan fingerprint density at radius 2 is 1.25 bits per heavy atom. The third-order valence-corrected chi connectivity index (χ3v) is 3.96. The lowest BCUT2D eigenvalue weighted by Gasteiger charge is -2.09. The highest BCUT2D eigenvalue weighted by molar-refractivity contribution is 6.91. The minimum absolute atomic E-state index is 1.38. The summed E-state index contributed by atoms with van der Waals surface area (Å²) in [6.45, 7) is 13.2. The second-order valence-electron chi connectivity index (χ2n) is 1.98. The van der Waals surface area contributed by atoms with Gasteiger partial charge in [0, 0.05) is 0 Å². The summed E-state index contributed by atoms with van der Waals surface area (Å²) in [5.74, 6) is 0. The van der Waals surface area contributed by atoms with Crippen molar-refractivity contribution in [3.05, 3.63) is 36.8 Å². The van der Waals surface area contributed by atoms with E-state index in [1.807, 2.05) is 17.1 Å². The maximum Gasteiger partial charge on any atom is 0.121 e. The Morgan fingerprint density at radius 3 is 1.25 bits per heavy atom. The zero-order chi connectivity index (χ0) is 6.62. The first-order valence-corrected chi connectivity index (χ1v) is 5.32. The van der Waals surface area contributed by atoms with Crippen molar-refractivity contribution >= 4 is 8.07 Å². The lowest BCUT2D eigenvalue weighted by atomic mass is 11.2. The quantitative estimate of drug-likeness (QED) is 0.506. The molecule has 1 heteroatoms. The van der Waals surface area contributed by atoms with Crippen LogP contribution in [-0.4, -0.2) is 8.07 Å². The van der Waals surface area contributed by atoms with Crippen molar-refractivity contribution < 1.29 is 0 Å². The fraction of sp³-hybridized carbons (Fsp3) is 0.143. The van der Waals surface area contributed by atoms with Crippen LogP contribution in [0.4, 0.5) is 0 Å². The van der Waals surface area contributed by atoms with E-state index in [4.69, 9.17) is 0 Å². The molecular weight excluding hydrogens is 112 g/mol. The van der Waals surface area contributed by atoms with E-state index in [-0.39, 0.29) is 0 Å². The van der Waals surface area contributed by atoms with E-state index in [2.05, 4.69) is 26.3 Å². The van der Waals surface area contributed by atoms with Crippen LogP contribution in [0.2, 0.25) is 6.55 Å². The van der Waals surface area contributed by atoms with E-state index in [9.17, 15) is 0 Å². The lowest BCUT2D eigenvalue weighted by Crippen LogP contribution is -2.20. The van der Waals surface area contributed by atoms with Gasteiger partial charge in [-0.15, -0.1) is 19.7 Å². The number of hydrogen-bond acceptors (Lipinski definition) is 0. The van der Waals surface area contributed by atoms with Crippen molar-refractivity contribution in [1.82, 2.24) is 0 Å². The van der Waals surface area contributed by atoms with Gasteiger partial charge in [0.2, 0.25) is 0 Å². The molecule has 0 amide bonds. The van der Waals surface area contributed by atoms with E-state index in [1.165, 1.54) is 0 Å². The van der Waals surface area contributed by atoms with Gasteiger partial charge in [-0.05, 0) is 0 Å². The predicted octanol–water partition coefficient (Wildman–Crippen LogP) is 2.24. The van der Waals surface area contributed by atoms with Crippen LogP contribution in [0.3, 0.4) is 0 Å². The van der Waals surface area contributed by atoms with Crippen LogP contribution >= 0.6 is 0 Å². The molecule has 0 saturated heterocycles. The van der Waals surface area contributed by atoms with Gasteiger partial charge in [0.05, 0.1) is 0 Å². The van der Waals surface area contributed by atoms with Gasteiger partial charge in [-0.1, -0.05) is 23.6 Å². The second kappa shape index (κ2) is 2.67. The molecule has 0 bridgehead atoms. The maximum absolute atomic E-state index is 3.69. The molecule has 8 heavy (non-hydrogen) atoms. The predicted molar refractivity (Wildman–Crippen MR) is 42.2 cm³/mol. The summed E-state index contributed by atoms with van der Waals surface area (Å²) < 4.78 is 0. The Labute approximate surface area is 52.2 Å². The monoisotopic (exact) mass is 124 g/mol. The minimum atomic E-state index is -1.38. The van der Waals surface area contributed by atoms with Crippen molar-refractivity contribution in [3.8, 4) is 0 Å². The average Bonchev–Trinajstić information content (AvgIpc) is 1.87. The largest absolute Gasteiger partial charge is 0.121 e. The molecule has 0 aromatic rings. The molecule has 0 radical (unpaired) electrons. The SMILES string of the molecule is C=C[Si](C)(C=C)C=C. The highest BCUT2D eigenvalue weighted by Crippen LogP contribution is 2.04. The summed E-state index contributed by atoms with van der Waals surface area (Å²) in [7, 11) is -1.38. The number of rotatable bonds is 3. The maximum atomic E-state index is 3.69. The standard InChI is InChI=1S/C7H12Si/c1-5-8(4,6-2)7-3/h5-7H,1-3H2,4H3. The van der Waals surface area contributed by atoms with Gasteiger partial charge < -0.3 is 0 Å². The molecule has 0 heterocycles. The summed E-state index contributed by atoms with van der Waals surface area (Å²) >= 11 is 0. The normalized spacial score (nSPS) is 10.1. The smallest absolute Gasteiger partial charge is 0.106 e. The van der Waals surface area contributed by atoms with Gasteiger partial charge >= 0.3 is 0 Å². The first kappa shape index (κ1) is 7.44. The molecule has 44 valence electrons. The summed E-state index contributed by atoms with van der Waals surface area (Å²) in [6.07, 6.45) is 0. The van der Waals surface area contributed by atoms with Crippen LogP contribution in [-0.2, 0) is 0 Å². The molecule has 0 aromatic carbocycles. The Balaban J connectivity index is 4.18. The lowest BCUT2D eigenvalue weighted by molar-refractivity contribution is 1.96. The van der Waals surface area contributed by atoms with E-state index < -0.39 is 8.07 Å². The van der Waals surface area contributed by atoms with Crippen LogP contribution in [0.5, 0.6) is 0 Å². The molecule has 0 N–H and O–H groups in total. The second-order valence-corrected chi connectivity index (χ2v) is 5.94. The molecule has 0 aliphatic carbocycles. The Bertz CT molecular complexity index is 91.8. The average molecular weight is 124 g/mol. The van der Waals surface area contributed by atoms with Crippen molar-refractivity contribution in [2.75, 3.05) is 0 Å². The van der Waals surface area contributed by atoms with Gasteiger partial charge in [-0.3, -0.25) is 0 Å². The minimum Gasteiger partial charge on any atom is -0.106 e. The zero-order valence-electron chi connectivity index (χ0n) is 5.35. The summed E-state index contributed by atoms with van der Waals surface area (Å²) in [5.41, 5.74) is 5.85. The summed E-state index contributed by atoms with van der Waals surface area (Å²) in [5, 5.41) is 0. The molecule has 0 unspecified atom stereocenters. The van der Waals surface area contributed by atoms with E-state index in [0.29, 0.717) is 0 Å². The van der Waals surface area contributed by atoms with E-state index >= 15 is 0 Å². The highest BCUT2D eigenvalue weighted by atomic mass is 28.3. The summed E-state index contributed by atoms with van der Waals surface area (Å²) in [6, 6.07) is 0. The first-order chi connectivity index (χ1) is 3.68. The molecule has 0 spiro atoms. The molecular formula is C7H12Si. The molecule has 0 aromatic heterocycles. The number of hydrogen-bond donors (Lipinski definition) is 0. The molecule has 0 atom stereocenters. The van der Waals surface area contributed by atoms with Gasteiger partial charge in [0.25, 0.3) is 0 Å². The third-order valence-electron chi connectivity index (χ3n) is 1.32. The van der Waals surface area contributed by atoms with Gasteiger partial charge in [-0.2, -0.15) is 0 Å². The Kier molecular flexibility index (Phi) is 2.48. The van der Waals surface area contributed by atoms with Crippen LogP contribution in [0.15, 0.2) is 36.8 Å². The van der Waals surface area contributed by atoms with Crippen molar-refractivity contribution in [1.29, 1.82) is 0 Å². The molecule has 0 saturated carbocycles. The topological polar surface area (TPSA) is 0 Å². The van der Waals surface area contributed by atoms with Crippen LogP contribution in [0.1, 0.15) is 0 Å². The van der Waals surface area contributed by atoms with Crippen molar-refractivity contribution in [2.24, 2.45) is 0 Å². The Morgan fingerprint density at radius 1 is 1.00 bits per heavy atom. The molecule has 0 nitrogen and oxygen atoms in total. The highest BCUT2D eigenvalue weighted by Gasteiger charge is 2.11. The van der Waals surface area contributed by atoms with Crippen molar-refractivity contribution in [3.63, 3.8) is 0 Å². The Hall–Kier alpha value is -0.563. The summed E-state index contributed by atoms with van der Waals surface area (Å²) in [4.78, 5) is 0. The first-order valence-electron chi connectivity index (χ1n) is 2.59. The van der Waals surface area contributed by atoms with Crippen LogP contribution in [0, 0.1) is 0 Å². The molecule has 0 aliphatic heterocycles. The van der Waals surface area contributed by atoms with Crippen LogP contribution in [0.25, 0.3) is 0 Å². The fourth-order valence-electron chi connectivity index (χ4n) is 0.250. The van der Waals surface area contributed by atoms with Gasteiger partial charge in [-0.25, -0.2) is 0 Å². The molecule has 0 rings (SSSR count). The van der Waals surface area contributed by atoms with Gasteiger partial charge in [0.1, 0.15) is 8.07 Å². The zero-order valence-corrected chi connectivity index (χ0v) is 6.35. The van der Waals surface area contributed by atoms with E-state index in [1.54, 1.807) is 0 Å². The van der Waals surface area contributed by atoms with Crippen LogP contribution < -0.4 is 0 Å². The molecule has 0 aliphatic rings. The van der Waals surface area contributed by atoms with E-state index in [0.717, 1.165) is 0 Å². The van der Waals surface area contributed by atoms with Crippen molar-refractivity contribution in [2.45, 2.75) is 6.55 Å². The third kappa shape index (κ3) is 1.50. The molecule has 0 fully saturated rings.